The van der Waals surface area contributed by atoms with Crippen LogP contribution in [0.3, 0.4) is 0 Å². The third-order valence-electron chi connectivity index (χ3n) is 3.18. The number of carbonyl (C=O) groups excluding carboxylic acids is 1. The van der Waals surface area contributed by atoms with Gasteiger partial charge in [-0.25, -0.2) is 0 Å². The molecule has 1 amide bonds. The zero-order valence-electron chi connectivity index (χ0n) is 14.4. The van der Waals surface area contributed by atoms with Crippen LogP contribution in [0.25, 0.3) is 0 Å². The highest BCUT2D eigenvalue weighted by Crippen LogP contribution is 2.16. The number of ether oxygens (including phenoxy) is 1. The smallest absolute Gasteiger partial charge is 0.294 e. The van der Waals surface area contributed by atoms with E-state index in [1.54, 1.807) is 24.3 Å². The van der Waals surface area contributed by atoms with Gasteiger partial charge in [-0.05, 0) is 19.1 Å². The van der Waals surface area contributed by atoms with E-state index in [4.69, 9.17) is 10.00 Å². The van der Waals surface area contributed by atoms with Crippen molar-refractivity contribution in [3.8, 4) is 11.8 Å². The Hall–Kier alpha value is -2.90. The van der Waals surface area contributed by atoms with Gasteiger partial charge in [-0.2, -0.15) is 5.26 Å². The van der Waals surface area contributed by atoms with Crippen molar-refractivity contribution in [3.05, 3.63) is 39.9 Å². The highest BCUT2D eigenvalue weighted by atomic mass is 17.0. The second kappa shape index (κ2) is 11.6. The molecule has 2 unspecified atom stereocenters. The molecule has 0 aliphatic heterocycles. The number of nitriles is 1. The molecular formula is C16H22N4O6. The van der Waals surface area contributed by atoms with E-state index >= 15 is 0 Å². The highest BCUT2D eigenvalue weighted by Gasteiger charge is 2.12. The second-order valence-electron chi connectivity index (χ2n) is 5.47. The number of hydrogen-bond acceptors (Lipinski definition) is 8. The van der Waals surface area contributed by atoms with E-state index in [1.165, 1.54) is 6.92 Å². The normalized spacial score (nSPS) is 12.5. The maximum Gasteiger partial charge on any atom is 0.294 e. The van der Waals surface area contributed by atoms with Crippen LogP contribution in [-0.2, 0) is 9.63 Å². The molecule has 0 fully saturated rings. The van der Waals surface area contributed by atoms with Crippen LogP contribution in [0.5, 0.6) is 5.75 Å². The van der Waals surface area contributed by atoms with Gasteiger partial charge in [0.25, 0.3) is 5.09 Å². The van der Waals surface area contributed by atoms with Gasteiger partial charge in [-0.3, -0.25) is 4.79 Å². The number of carbonyl (C=O) groups is 1. The van der Waals surface area contributed by atoms with E-state index in [9.17, 15) is 20.0 Å². The molecule has 10 heteroatoms. The molecule has 0 saturated heterocycles. The van der Waals surface area contributed by atoms with E-state index < -0.39 is 17.3 Å². The first-order valence-corrected chi connectivity index (χ1v) is 8.01. The quantitative estimate of drug-likeness (QED) is 0.266. The molecule has 10 nitrogen and oxygen atoms in total. The third-order valence-corrected chi connectivity index (χ3v) is 3.18. The predicted octanol–water partition coefficient (Wildman–Crippen LogP) is -0.00932. The molecule has 3 N–H and O–H groups in total. The fraction of sp³-hybridized carbons (Fsp3) is 0.500. The van der Waals surface area contributed by atoms with Gasteiger partial charge in [0.2, 0.25) is 5.91 Å². The van der Waals surface area contributed by atoms with Crippen LogP contribution in [0, 0.1) is 21.4 Å². The molecule has 1 aromatic rings. The largest absolute Gasteiger partial charge is 0.489 e. The molecule has 0 aliphatic rings. The minimum Gasteiger partial charge on any atom is -0.489 e. The summed E-state index contributed by atoms with van der Waals surface area (Å²) < 4.78 is 5.41. The van der Waals surface area contributed by atoms with Crippen LogP contribution in [-0.4, -0.2) is 54.5 Å². The number of para-hydroxylation sites is 1. The van der Waals surface area contributed by atoms with Gasteiger partial charge < -0.3 is 25.3 Å². The van der Waals surface area contributed by atoms with Gasteiger partial charge in [0, 0.05) is 19.6 Å². The molecule has 0 bridgehead atoms. The molecule has 0 aromatic heterocycles. The van der Waals surface area contributed by atoms with E-state index in [1.807, 2.05) is 6.07 Å². The van der Waals surface area contributed by atoms with Gasteiger partial charge in [-0.1, -0.05) is 12.1 Å². The van der Waals surface area contributed by atoms with Gasteiger partial charge in [0.15, 0.2) is 0 Å². The van der Waals surface area contributed by atoms with E-state index in [0.717, 1.165) is 0 Å². The summed E-state index contributed by atoms with van der Waals surface area (Å²) in [5, 5.41) is 33.5. The highest BCUT2D eigenvalue weighted by molar-refractivity contribution is 5.76. The second-order valence-corrected chi connectivity index (χ2v) is 5.47. The lowest BCUT2D eigenvalue weighted by Crippen LogP contribution is -2.37. The summed E-state index contributed by atoms with van der Waals surface area (Å²) in [4.78, 5) is 25.9. The van der Waals surface area contributed by atoms with Crippen molar-refractivity contribution in [1.82, 2.24) is 10.6 Å². The first-order valence-electron chi connectivity index (χ1n) is 8.01. The number of nitrogens with one attached hydrogen (secondary N) is 2. The van der Waals surface area contributed by atoms with Gasteiger partial charge in [0.05, 0.1) is 12.0 Å². The first kappa shape index (κ1) is 21.1. The lowest BCUT2D eigenvalue weighted by Gasteiger charge is -2.14. The van der Waals surface area contributed by atoms with Crippen molar-refractivity contribution in [3.63, 3.8) is 0 Å². The fourth-order valence-corrected chi connectivity index (χ4v) is 2.01. The topological polar surface area (TPSA) is 147 Å². The lowest BCUT2D eigenvalue weighted by atomic mass is 10.2. The Labute approximate surface area is 150 Å². The van der Waals surface area contributed by atoms with Gasteiger partial charge in [0.1, 0.15) is 30.6 Å². The van der Waals surface area contributed by atoms with Crippen molar-refractivity contribution >= 4 is 5.91 Å². The molecule has 0 aliphatic carbocycles. The number of aliphatic hydroxyl groups is 1. The summed E-state index contributed by atoms with van der Waals surface area (Å²) in [5.41, 5.74) is 0.394. The molecule has 0 saturated carbocycles. The van der Waals surface area contributed by atoms with Crippen LogP contribution >= 0.6 is 0 Å². The standard InChI is InChI=1S/C16H22N4O6/c1-12(26-20(23)24)8-16(22)19-7-6-18-10-14(21)11-25-15-5-3-2-4-13(15)9-17/h2-5,12,14,18,21H,6-8,10-11H2,1H3,(H,19,22). The van der Waals surface area contributed by atoms with E-state index in [2.05, 4.69) is 15.5 Å². The number of aliphatic hydroxyl groups excluding tert-OH is 1. The summed E-state index contributed by atoms with van der Waals surface area (Å²) in [6, 6.07) is 8.74. The summed E-state index contributed by atoms with van der Waals surface area (Å²) in [7, 11) is 0. The maximum atomic E-state index is 11.5. The first-order chi connectivity index (χ1) is 12.4. The Balaban J connectivity index is 2.13. The van der Waals surface area contributed by atoms with Crippen molar-refractivity contribution in [2.45, 2.75) is 25.6 Å². The minimum atomic E-state index is -0.933. The molecule has 1 aromatic carbocycles. The zero-order valence-corrected chi connectivity index (χ0v) is 14.4. The van der Waals surface area contributed by atoms with Crippen LogP contribution < -0.4 is 15.4 Å². The average molecular weight is 366 g/mol. The number of benzene rings is 1. The number of hydrogen-bond donors (Lipinski definition) is 3. The zero-order chi connectivity index (χ0) is 19.4. The molecule has 0 spiro atoms. The Morgan fingerprint density at radius 3 is 2.85 bits per heavy atom. The van der Waals surface area contributed by atoms with Crippen molar-refractivity contribution in [1.29, 1.82) is 5.26 Å². The van der Waals surface area contributed by atoms with Gasteiger partial charge in [-0.15, -0.1) is 10.1 Å². The molecule has 26 heavy (non-hydrogen) atoms. The fourth-order valence-electron chi connectivity index (χ4n) is 2.01. The monoisotopic (exact) mass is 366 g/mol. The maximum absolute atomic E-state index is 11.5. The molecule has 1 rings (SSSR count). The SMILES string of the molecule is CC(CC(=O)NCCNCC(O)COc1ccccc1C#N)O[N+](=O)[O-]. The summed E-state index contributed by atoms with van der Waals surface area (Å²) >= 11 is 0. The summed E-state index contributed by atoms with van der Waals surface area (Å²) in [6.07, 6.45) is -1.71. The van der Waals surface area contributed by atoms with E-state index in [0.29, 0.717) is 24.4 Å². The Kier molecular flexibility index (Phi) is 9.45. The summed E-state index contributed by atoms with van der Waals surface area (Å²) in [5.74, 6) is 0.0468. The van der Waals surface area contributed by atoms with Crippen LogP contribution in [0.1, 0.15) is 18.9 Å². The Morgan fingerprint density at radius 2 is 2.15 bits per heavy atom. The van der Waals surface area contributed by atoms with Crippen molar-refractivity contribution < 1.29 is 24.6 Å². The number of rotatable bonds is 12. The molecule has 2 atom stereocenters. The number of nitrogens with zero attached hydrogens (tertiary/aromatic N) is 2. The minimum absolute atomic E-state index is 0.0216. The van der Waals surface area contributed by atoms with Crippen LogP contribution in [0.2, 0.25) is 0 Å². The summed E-state index contributed by atoms with van der Waals surface area (Å²) in [6.45, 7) is 2.40. The molecule has 0 radical (unpaired) electrons. The average Bonchev–Trinajstić information content (AvgIpc) is 2.59. The third kappa shape index (κ3) is 8.81. The van der Waals surface area contributed by atoms with Gasteiger partial charge >= 0.3 is 0 Å². The Morgan fingerprint density at radius 1 is 1.42 bits per heavy atom. The molecule has 142 valence electrons. The van der Waals surface area contributed by atoms with Crippen LogP contribution in [0.15, 0.2) is 24.3 Å². The Bertz CT molecular complexity index is 633. The lowest BCUT2D eigenvalue weighted by molar-refractivity contribution is -0.767. The predicted molar refractivity (Wildman–Crippen MR) is 90.7 cm³/mol. The van der Waals surface area contributed by atoms with Crippen molar-refractivity contribution in [2.75, 3.05) is 26.2 Å². The van der Waals surface area contributed by atoms with Crippen molar-refractivity contribution in [2.24, 2.45) is 0 Å². The molecular weight excluding hydrogens is 344 g/mol. The van der Waals surface area contributed by atoms with Crippen LogP contribution in [0.4, 0.5) is 0 Å². The molecule has 0 heterocycles. The van der Waals surface area contributed by atoms with E-state index in [-0.39, 0.29) is 25.5 Å². The number of amides is 1.